The molecule has 0 bridgehead atoms. The van der Waals surface area contributed by atoms with Crippen LogP contribution in [0.1, 0.15) is 30.7 Å². The summed E-state index contributed by atoms with van der Waals surface area (Å²) in [6.07, 6.45) is 1.94. The maximum atomic E-state index is 12.7. The van der Waals surface area contributed by atoms with Crippen molar-refractivity contribution in [3.05, 3.63) is 29.3 Å². The van der Waals surface area contributed by atoms with E-state index in [0.29, 0.717) is 12.5 Å². The Morgan fingerprint density at radius 3 is 2.88 bits per heavy atom. The number of likely N-dealkylation sites (tertiary alicyclic amines) is 1. The molecule has 0 saturated carbocycles. The van der Waals surface area contributed by atoms with Crippen LogP contribution in [0.5, 0.6) is 0 Å². The molecular formula is C18H23N3O2S. The van der Waals surface area contributed by atoms with E-state index in [0.717, 1.165) is 38.0 Å². The van der Waals surface area contributed by atoms with Gasteiger partial charge in [0.15, 0.2) is 0 Å². The zero-order chi connectivity index (χ0) is 16.5. The summed E-state index contributed by atoms with van der Waals surface area (Å²) in [4.78, 5) is 19.5. The van der Waals surface area contributed by atoms with Crippen molar-refractivity contribution in [1.82, 2.24) is 15.2 Å². The fourth-order valence-electron chi connectivity index (χ4n) is 3.62. The van der Waals surface area contributed by atoms with Gasteiger partial charge < -0.3 is 15.0 Å². The predicted octanol–water partition coefficient (Wildman–Crippen LogP) is 2.38. The molecule has 0 spiro atoms. The summed E-state index contributed by atoms with van der Waals surface area (Å²) < 4.78 is 6.86. The highest BCUT2D eigenvalue weighted by molar-refractivity contribution is 7.18. The van der Waals surface area contributed by atoms with Crippen molar-refractivity contribution in [2.45, 2.75) is 37.8 Å². The van der Waals surface area contributed by atoms with Gasteiger partial charge in [0.25, 0.3) is 0 Å². The number of rotatable bonds is 2. The number of fused-ring (bicyclic) bond motifs is 1. The number of aromatic nitrogens is 1. The molecule has 1 N–H and O–H groups in total. The minimum atomic E-state index is -0.197. The zero-order valence-corrected chi connectivity index (χ0v) is 14.7. The Kier molecular flexibility index (Phi) is 4.52. The van der Waals surface area contributed by atoms with Crippen LogP contribution in [0, 0.1) is 0 Å². The number of morpholine rings is 1. The molecule has 2 saturated heterocycles. The van der Waals surface area contributed by atoms with E-state index < -0.39 is 0 Å². The normalized spacial score (nSPS) is 26.0. The van der Waals surface area contributed by atoms with Gasteiger partial charge in [-0.3, -0.25) is 4.79 Å². The van der Waals surface area contributed by atoms with Crippen molar-refractivity contribution < 1.29 is 9.53 Å². The van der Waals surface area contributed by atoms with Gasteiger partial charge in [0.2, 0.25) is 5.91 Å². The Balaban J connectivity index is 1.40. The van der Waals surface area contributed by atoms with Gasteiger partial charge >= 0.3 is 0 Å². The molecule has 3 heterocycles. The molecule has 2 aliphatic rings. The largest absolute Gasteiger partial charge is 0.375 e. The second-order valence-corrected chi connectivity index (χ2v) is 7.69. The highest BCUT2D eigenvalue weighted by Crippen LogP contribution is 2.34. The number of para-hydroxylation sites is 1. The van der Waals surface area contributed by atoms with E-state index in [1.165, 1.54) is 9.71 Å². The minimum Gasteiger partial charge on any atom is -0.375 e. The number of nitrogens with zero attached hydrogens (tertiary/aromatic N) is 2. The van der Waals surface area contributed by atoms with Gasteiger partial charge in [-0.15, -0.1) is 11.3 Å². The maximum Gasteiger partial charge on any atom is 0.242 e. The number of amides is 1. The summed E-state index contributed by atoms with van der Waals surface area (Å²) in [7, 11) is 0. The van der Waals surface area contributed by atoms with Gasteiger partial charge in [-0.25, -0.2) is 4.98 Å². The molecule has 2 atom stereocenters. The summed E-state index contributed by atoms with van der Waals surface area (Å²) in [6, 6.07) is 8.10. The van der Waals surface area contributed by atoms with E-state index in [-0.39, 0.29) is 18.1 Å². The van der Waals surface area contributed by atoms with E-state index in [2.05, 4.69) is 23.5 Å². The number of carbonyl (C=O) groups excluding carboxylic acids is 1. The maximum absolute atomic E-state index is 12.7. The highest BCUT2D eigenvalue weighted by atomic mass is 32.1. The molecule has 0 aliphatic carbocycles. The first kappa shape index (κ1) is 16.0. The predicted molar refractivity (Wildman–Crippen MR) is 95.4 cm³/mol. The van der Waals surface area contributed by atoms with Crippen molar-refractivity contribution in [3.8, 4) is 0 Å². The molecule has 6 heteroatoms. The quantitative estimate of drug-likeness (QED) is 0.908. The molecule has 2 fully saturated rings. The number of hydrogen-bond donors (Lipinski definition) is 1. The molecule has 1 amide bonds. The molecule has 1 aromatic heterocycles. The van der Waals surface area contributed by atoms with Crippen molar-refractivity contribution >= 4 is 27.5 Å². The summed E-state index contributed by atoms with van der Waals surface area (Å²) in [5, 5.41) is 4.52. The van der Waals surface area contributed by atoms with Gasteiger partial charge in [-0.2, -0.15) is 0 Å². The topological polar surface area (TPSA) is 54.5 Å². The van der Waals surface area contributed by atoms with E-state index in [9.17, 15) is 4.79 Å². The summed E-state index contributed by atoms with van der Waals surface area (Å²) in [6.45, 7) is 5.03. The van der Waals surface area contributed by atoms with E-state index in [1.54, 1.807) is 11.3 Å². The van der Waals surface area contributed by atoms with E-state index in [1.807, 2.05) is 17.9 Å². The third-order valence-corrected chi connectivity index (χ3v) is 6.25. The van der Waals surface area contributed by atoms with Crippen LogP contribution in [-0.2, 0) is 9.53 Å². The lowest BCUT2D eigenvalue weighted by Gasteiger charge is -2.37. The fourth-order valence-corrected chi connectivity index (χ4v) is 4.75. The number of benzene rings is 1. The van der Waals surface area contributed by atoms with Crippen LogP contribution in [-0.4, -0.2) is 54.2 Å². The average Bonchev–Trinajstić information content (AvgIpc) is 3.06. The number of hydrogen-bond acceptors (Lipinski definition) is 5. The summed E-state index contributed by atoms with van der Waals surface area (Å²) in [5.74, 6) is 0.657. The number of piperidine rings is 1. The fraction of sp³-hybridized carbons (Fsp3) is 0.556. The van der Waals surface area contributed by atoms with Crippen LogP contribution < -0.4 is 5.32 Å². The smallest absolute Gasteiger partial charge is 0.242 e. The van der Waals surface area contributed by atoms with Gasteiger partial charge in [-0.05, 0) is 31.9 Å². The van der Waals surface area contributed by atoms with Crippen molar-refractivity contribution in [1.29, 1.82) is 0 Å². The van der Waals surface area contributed by atoms with Crippen molar-refractivity contribution in [2.24, 2.45) is 0 Å². The van der Waals surface area contributed by atoms with Crippen molar-refractivity contribution in [2.75, 3.05) is 26.2 Å². The monoisotopic (exact) mass is 345 g/mol. The van der Waals surface area contributed by atoms with Crippen LogP contribution in [0.15, 0.2) is 24.3 Å². The number of nitrogens with one attached hydrogen (secondary N) is 1. The Hall–Kier alpha value is -1.50. The number of ether oxygens (including phenoxy) is 1. The van der Waals surface area contributed by atoms with Crippen LogP contribution >= 0.6 is 11.3 Å². The molecule has 4 rings (SSSR count). The Bertz CT molecular complexity index is 691. The minimum absolute atomic E-state index is 0.0479. The second kappa shape index (κ2) is 6.78. The van der Waals surface area contributed by atoms with Crippen LogP contribution in [0.2, 0.25) is 0 Å². The van der Waals surface area contributed by atoms with E-state index in [4.69, 9.17) is 9.72 Å². The Labute approximate surface area is 146 Å². The third kappa shape index (κ3) is 3.06. The lowest BCUT2D eigenvalue weighted by Crippen LogP contribution is -2.57. The molecular weight excluding hydrogens is 322 g/mol. The summed E-state index contributed by atoms with van der Waals surface area (Å²) >= 11 is 1.79. The van der Waals surface area contributed by atoms with E-state index >= 15 is 0 Å². The standard InChI is InChI=1S/C18H23N3O2S/c1-12-16(19-8-11-23-12)18(22)21-9-6-13(7-10-21)17-20-14-4-2-3-5-15(14)24-17/h2-5,12-13,16,19H,6-11H2,1H3/t12-,16+/m1/s1. The number of carbonyl (C=O) groups is 1. The zero-order valence-electron chi connectivity index (χ0n) is 13.9. The molecule has 2 aromatic rings. The van der Waals surface area contributed by atoms with Gasteiger partial charge in [-0.1, -0.05) is 12.1 Å². The Morgan fingerprint density at radius 2 is 2.12 bits per heavy atom. The highest BCUT2D eigenvalue weighted by Gasteiger charge is 2.34. The van der Waals surface area contributed by atoms with Gasteiger partial charge in [0.05, 0.1) is 27.9 Å². The average molecular weight is 345 g/mol. The first-order valence-electron chi connectivity index (χ1n) is 8.71. The third-order valence-electron chi connectivity index (χ3n) is 5.05. The molecule has 2 aliphatic heterocycles. The molecule has 0 unspecified atom stereocenters. The first-order valence-corrected chi connectivity index (χ1v) is 9.53. The molecule has 0 radical (unpaired) electrons. The lowest BCUT2D eigenvalue weighted by atomic mass is 9.96. The molecule has 128 valence electrons. The second-order valence-electron chi connectivity index (χ2n) is 6.63. The first-order chi connectivity index (χ1) is 11.7. The SMILES string of the molecule is C[C@H]1OCCN[C@@H]1C(=O)N1CCC(c2nc3ccccc3s2)CC1. The van der Waals surface area contributed by atoms with Gasteiger partial charge in [0.1, 0.15) is 6.04 Å². The summed E-state index contributed by atoms with van der Waals surface area (Å²) in [5.41, 5.74) is 1.09. The van der Waals surface area contributed by atoms with Crippen molar-refractivity contribution in [3.63, 3.8) is 0 Å². The van der Waals surface area contributed by atoms with Gasteiger partial charge in [0, 0.05) is 25.6 Å². The molecule has 5 nitrogen and oxygen atoms in total. The lowest BCUT2D eigenvalue weighted by molar-refractivity contribution is -0.140. The molecule has 1 aromatic carbocycles. The van der Waals surface area contributed by atoms with Crippen LogP contribution in [0.3, 0.4) is 0 Å². The van der Waals surface area contributed by atoms with Crippen LogP contribution in [0.25, 0.3) is 10.2 Å². The number of thiazole rings is 1. The van der Waals surface area contributed by atoms with Crippen LogP contribution in [0.4, 0.5) is 0 Å². The molecule has 24 heavy (non-hydrogen) atoms. The Morgan fingerprint density at radius 1 is 1.33 bits per heavy atom.